The Bertz CT molecular complexity index is 224. The minimum Gasteiger partial charge on any atom is -0.0990 e. The van der Waals surface area contributed by atoms with Gasteiger partial charge in [-0.15, -0.1) is 0 Å². The maximum absolute atomic E-state index is 5.05. The van der Waals surface area contributed by atoms with Gasteiger partial charge >= 0.3 is 0 Å². The fourth-order valence-corrected chi connectivity index (χ4v) is 0.689. The maximum Gasteiger partial charge on any atom is 0.00422 e. The molecule has 0 bridgehead atoms. The Balaban J connectivity index is 0.000000217. The van der Waals surface area contributed by atoms with E-state index in [0.29, 0.717) is 0 Å². The fourth-order valence-electron chi connectivity index (χ4n) is 0.586. The summed E-state index contributed by atoms with van der Waals surface area (Å²) in [6.07, 6.45) is 3.27. The van der Waals surface area contributed by atoms with Crippen LogP contribution in [0.25, 0.3) is 0 Å². The lowest BCUT2D eigenvalue weighted by atomic mass is 10.2. The molecule has 0 aliphatic carbocycles. The van der Waals surface area contributed by atoms with Crippen molar-refractivity contribution in [3.05, 3.63) is 60.2 Å². The van der Waals surface area contributed by atoms with Crippen LogP contribution < -0.4 is 0 Å². The number of rotatable bonds is 1. The van der Waals surface area contributed by atoms with Crippen molar-refractivity contribution in [2.75, 3.05) is 0 Å². The van der Waals surface area contributed by atoms with Crippen molar-refractivity contribution in [3.8, 4) is 0 Å². The fraction of sp³-hybridized carbons (Fsp3) is 0.0909. The molecular formula is C11H13Cl. The van der Waals surface area contributed by atoms with Crippen LogP contribution in [0, 0.1) is 6.92 Å². The first-order valence-corrected chi connectivity index (χ1v) is 4.14. The molecule has 0 saturated carbocycles. The van der Waals surface area contributed by atoms with E-state index in [9.17, 15) is 0 Å². The highest BCUT2D eigenvalue weighted by atomic mass is 35.5. The van der Waals surface area contributed by atoms with Gasteiger partial charge in [0.2, 0.25) is 0 Å². The predicted molar refractivity (Wildman–Crippen MR) is 56.4 cm³/mol. The number of allylic oxidation sites excluding steroid dienone is 2. The number of aryl methyl sites for hydroxylation is 1. The van der Waals surface area contributed by atoms with E-state index in [4.69, 9.17) is 11.6 Å². The molecule has 0 aliphatic heterocycles. The van der Waals surface area contributed by atoms with Crippen molar-refractivity contribution < 1.29 is 0 Å². The standard InChI is InChI=1S/C7H8.C4H5Cl/c1-7-5-3-2-4-6-7;1-2-3-4-5/h2-6H,1H3;2-4H,1H2. The molecule has 1 aromatic rings. The van der Waals surface area contributed by atoms with Gasteiger partial charge < -0.3 is 0 Å². The Hall–Kier alpha value is -1.01. The van der Waals surface area contributed by atoms with Crippen LogP contribution in [0.2, 0.25) is 0 Å². The molecule has 12 heavy (non-hydrogen) atoms. The average molecular weight is 181 g/mol. The van der Waals surface area contributed by atoms with E-state index in [-0.39, 0.29) is 0 Å². The van der Waals surface area contributed by atoms with Gasteiger partial charge in [-0.2, -0.15) is 0 Å². The third kappa shape index (κ3) is 7.10. The molecule has 64 valence electrons. The molecule has 0 N–H and O–H groups in total. The highest BCUT2D eigenvalue weighted by Crippen LogP contribution is 1.92. The first-order chi connectivity index (χ1) is 5.81. The van der Waals surface area contributed by atoms with Gasteiger partial charge in [-0.1, -0.05) is 66.2 Å². The monoisotopic (exact) mass is 180 g/mol. The van der Waals surface area contributed by atoms with Crippen molar-refractivity contribution in [1.29, 1.82) is 0 Å². The zero-order valence-electron chi connectivity index (χ0n) is 7.20. The molecule has 1 heteroatoms. The number of benzene rings is 1. The quantitative estimate of drug-likeness (QED) is 0.575. The Kier molecular flexibility index (Phi) is 7.41. The van der Waals surface area contributed by atoms with E-state index in [1.807, 2.05) is 18.2 Å². The number of halogens is 1. The Morgan fingerprint density at radius 3 is 2.00 bits per heavy atom. The van der Waals surface area contributed by atoms with Gasteiger partial charge in [0.1, 0.15) is 0 Å². The summed E-state index contributed by atoms with van der Waals surface area (Å²) in [5.41, 5.74) is 2.73. The maximum atomic E-state index is 5.05. The number of hydrogen-bond donors (Lipinski definition) is 0. The van der Waals surface area contributed by atoms with E-state index in [0.717, 1.165) is 0 Å². The van der Waals surface area contributed by atoms with Crippen LogP contribution in [0.5, 0.6) is 0 Å². The van der Waals surface area contributed by atoms with Crippen LogP contribution in [0.15, 0.2) is 54.6 Å². The second kappa shape index (κ2) is 8.09. The van der Waals surface area contributed by atoms with Crippen LogP contribution in [-0.2, 0) is 0 Å². The van der Waals surface area contributed by atoms with Crippen molar-refractivity contribution in [2.24, 2.45) is 0 Å². The van der Waals surface area contributed by atoms with Crippen molar-refractivity contribution in [3.63, 3.8) is 0 Å². The topological polar surface area (TPSA) is 0 Å². The molecule has 0 unspecified atom stereocenters. The lowest BCUT2D eigenvalue weighted by Gasteiger charge is -1.82. The van der Waals surface area contributed by atoms with Gasteiger partial charge in [-0.05, 0) is 6.92 Å². The smallest absolute Gasteiger partial charge is 0.00422 e. The minimum absolute atomic E-state index is 1.32. The molecule has 0 amide bonds. The second-order valence-corrected chi connectivity index (χ2v) is 2.46. The molecule has 1 rings (SSSR count). The summed E-state index contributed by atoms with van der Waals surface area (Å²) in [4.78, 5) is 0. The van der Waals surface area contributed by atoms with Gasteiger partial charge in [0.05, 0.1) is 0 Å². The lowest BCUT2D eigenvalue weighted by molar-refractivity contribution is 1.48. The van der Waals surface area contributed by atoms with E-state index < -0.39 is 0 Å². The molecule has 0 fully saturated rings. The average Bonchev–Trinajstić information content (AvgIpc) is 2.08. The molecule has 0 heterocycles. The molecule has 0 aromatic heterocycles. The minimum atomic E-state index is 1.32. The van der Waals surface area contributed by atoms with Crippen LogP contribution in [0.3, 0.4) is 0 Å². The molecule has 0 aliphatic rings. The first kappa shape index (κ1) is 11.0. The Labute approximate surface area is 79.2 Å². The normalized spacial score (nSPS) is 8.83. The Morgan fingerprint density at radius 1 is 1.25 bits per heavy atom. The predicted octanol–water partition coefficient (Wildman–Crippen LogP) is 3.92. The van der Waals surface area contributed by atoms with Gasteiger partial charge in [0.25, 0.3) is 0 Å². The van der Waals surface area contributed by atoms with Gasteiger partial charge in [0, 0.05) is 5.54 Å². The first-order valence-electron chi connectivity index (χ1n) is 3.70. The SMILES string of the molecule is C=CC=CCl.Cc1ccccc1. The summed E-state index contributed by atoms with van der Waals surface area (Å²) in [5, 5.41) is 0. The summed E-state index contributed by atoms with van der Waals surface area (Å²) in [6, 6.07) is 10.3. The third-order valence-corrected chi connectivity index (χ3v) is 1.29. The van der Waals surface area contributed by atoms with Crippen molar-refractivity contribution >= 4 is 11.6 Å². The molecule has 0 atom stereocenters. The summed E-state index contributed by atoms with van der Waals surface area (Å²) in [7, 11) is 0. The van der Waals surface area contributed by atoms with Gasteiger partial charge in [-0.25, -0.2) is 0 Å². The lowest BCUT2D eigenvalue weighted by Crippen LogP contribution is -1.62. The molecule has 1 aromatic carbocycles. The molecule has 0 nitrogen and oxygen atoms in total. The van der Waals surface area contributed by atoms with Crippen LogP contribution in [0.1, 0.15) is 5.56 Å². The second-order valence-electron chi connectivity index (χ2n) is 2.21. The zero-order chi connectivity index (χ0) is 9.23. The van der Waals surface area contributed by atoms with Crippen molar-refractivity contribution in [1.82, 2.24) is 0 Å². The largest absolute Gasteiger partial charge is 0.0990 e. The van der Waals surface area contributed by atoms with E-state index in [2.05, 4.69) is 25.6 Å². The summed E-state index contributed by atoms with van der Waals surface area (Å²) in [5.74, 6) is 0. The van der Waals surface area contributed by atoms with Crippen LogP contribution in [0.4, 0.5) is 0 Å². The van der Waals surface area contributed by atoms with Crippen LogP contribution >= 0.6 is 11.6 Å². The number of hydrogen-bond acceptors (Lipinski definition) is 0. The molecule has 0 spiro atoms. The molecule has 0 radical (unpaired) electrons. The van der Waals surface area contributed by atoms with Crippen molar-refractivity contribution in [2.45, 2.75) is 6.92 Å². The van der Waals surface area contributed by atoms with E-state index >= 15 is 0 Å². The van der Waals surface area contributed by atoms with Crippen LogP contribution in [-0.4, -0.2) is 0 Å². The molecule has 0 saturated heterocycles. The Morgan fingerprint density at radius 2 is 1.83 bits per heavy atom. The zero-order valence-corrected chi connectivity index (χ0v) is 7.96. The molecular weight excluding hydrogens is 168 g/mol. The third-order valence-electron chi connectivity index (χ3n) is 1.15. The van der Waals surface area contributed by atoms with Gasteiger partial charge in [-0.3, -0.25) is 0 Å². The summed E-state index contributed by atoms with van der Waals surface area (Å²) >= 11 is 5.05. The van der Waals surface area contributed by atoms with E-state index in [1.165, 1.54) is 11.1 Å². The van der Waals surface area contributed by atoms with Gasteiger partial charge in [0.15, 0.2) is 0 Å². The van der Waals surface area contributed by atoms with E-state index in [1.54, 1.807) is 12.2 Å². The highest BCUT2D eigenvalue weighted by molar-refractivity contribution is 6.25. The summed E-state index contributed by atoms with van der Waals surface area (Å²) in [6.45, 7) is 5.46. The highest BCUT2D eigenvalue weighted by Gasteiger charge is 1.72. The summed E-state index contributed by atoms with van der Waals surface area (Å²) < 4.78 is 0.